The van der Waals surface area contributed by atoms with Crippen molar-refractivity contribution in [3.05, 3.63) is 25.4 Å². The number of halogens is 1. The maximum Gasteiger partial charge on any atom is 0.100 e. The molecule has 0 bridgehead atoms. The lowest BCUT2D eigenvalue weighted by atomic mass is 10.7. The van der Waals surface area contributed by atoms with E-state index in [0.29, 0.717) is 0 Å². The minimum atomic E-state index is 0.868. The Balaban J connectivity index is 3.72. The molecule has 0 saturated heterocycles. The van der Waals surface area contributed by atoms with Gasteiger partial charge in [-0.1, -0.05) is 13.2 Å². The molecule has 0 fully saturated rings. The molecule has 2 heteroatoms. The molecule has 38 valence electrons. The van der Waals surface area contributed by atoms with Gasteiger partial charge in [-0.15, -0.1) is 0 Å². The van der Waals surface area contributed by atoms with Crippen LogP contribution in [0.15, 0.2) is 30.4 Å². The zero-order valence-corrected chi connectivity index (χ0v) is 6.05. The molecule has 0 aromatic heterocycles. The van der Waals surface area contributed by atoms with Crippen molar-refractivity contribution in [3.8, 4) is 0 Å². The van der Waals surface area contributed by atoms with Crippen LogP contribution in [0.4, 0.5) is 0 Å². The number of nitrogens with zero attached hydrogens (tertiary/aromatic N) is 1. The molecule has 0 aromatic carbocycles. The van der Waals surface area contributed by atoms with E-state index in [0.717, 1.165) is 3.72 Å². The minimum absolute atomic E-state index is 0.868. The van der Waals surface area contributed by atoms with Gasteiger partial charge in [0.15, 0.2) is 0 Å². The maximum atomic E-state index is 3.79. The normalized spacial score (nSPS) is 10.7. The summed E-state index contributed by atoms with van der Waals surface area (Å²) in [6.45, 7) is 6.90. The van der Waals surface area contributed by atoms with Crippen LogP contribution in [-0.2, 0) is 0 Å². The van der Waals surface area contributed by atoms with Gasteiger partial charge in [0.25, 0.3) is 0 Å². The van der Waals surface area contributed by atoms with E-state index in [1.807, 2.05) is 0 Å². The highest BCUT2D eigenvalue weighted by Crippen LogP contribution is 1.90. The monoisotopic (exact) mass is 207 g/mol. The Hall–Kier alpha value is -0.120. The summed E-state index contributed by atoms with van der Waals surface area (Å²) < 4.78 is 0.868. The van der Waals surface area contributed by atoms with Crippen LogP contribution in [0.25, 0.3) is 0 Å². The second kappa shape index (κ2) is 4.05. The topological polar surface area (TPSA) is 12.4 Å². The minimum Gasteiger partial charge on any atom is -0.251 e. The van der Waals surface area contributed by atoms with E-state index >= 15 is 0 Å². The average molecular weight is 207 g/mol. The van der Waals surface area contributed by atoms with Crippen LogP contribution in [0.5, 0.6) is 0 Å². The summed E-state index contributed by atoms with van der Waals surface area (Å²) in [5.74, 6) is 0. The van der Waals surface area contributed by atoms with Gasteiger partial charge in [0.1, 0.15) is 3.72 Å². The number of hydrogen-bond acceptors (Lipinski definition) is 1. The Labute approximate surface area is 57.0 Å². The molecule has 7 heavy (non-hydrogen) atoms. The molecule has 0 saturated carbocycles. The smallest absolute Gasteiger partial charge is 0.100 e. The fourth-order valence-corrected chi connectivity index (χ4v) is 0.337. The highest BCUT2D eigenvalue weighted by molar-refractivity contribution is 14.1. The van der Waals surface area contributed by atoms with Gasteiger partial charge in [0, 0.05) is 6.20 Å². The third kappa shape index (κ3) is 3.72. The van der Waals surface area contributed by atoms with Crippen LogP contribution < -0.4 is 0 Å². The SMILES string of the molecule is C=C/N=C(/I)C=C. The predicted octanol–water partition coefficient (Wildman–Crippen LogP) is 2.15. The van der Waals surface area contributed by atoms with E-state index in [4.69, 9.17) is 0 Å². The van der Waals surface area contributed by atoms with Crippen LogP contribution >= 0.6 is 22.6 Å². The first kappa shape index (κ1) is 6.88. The summed E-state index contributed by atoms with van der Waals surface area (Å²) >= 11 is 2.07. The van der Waals surface area contributed by atoms with Crippen molar-refractivity contribution in [3.63, 3.8) is 0 Å². The van der Waals surface area contributed by atoms with Crippen LogP contribution in [-0.4, -0.2) is 3.72 Å². The summed E-state index contributed by atoms with van der Waals surface area (Å²) in [7, 11) is 0. The highest BCUT2D eigenvalue weighted by Gasteiger charge is 1.73. The first-order valence-electron chi connectivity index (χ1n) is 1.78. The van der Waals surface area contributed by atoms with E-state index in [-0.39, 0.29) is 0 Å². The molecule has 0 spiro atoms. The molecule has 0 aliphatic heterocycles. The zero-order chi connectivity index (χ0) is 5.70. The maximum absolute atomic E-state index is 3.79. The van der Waals surface area contributed by atoms with Gasteiger partial charge in [0.05, 0.1) is 0 Å². The molecule has 0 unspecified atom stereocenters. The fraction of sp³-hybridized carbons (Fsp3) is 0. The number of allylic oxidation sites excluding steroid dienone is 1. The van der Waals surface area contributed by atoms with E-state index < -0.39 is 0 Å². The second-order valence-electron chi connectivity index (χ2n) is 0.839. The van der Waals surface area contributed by atoms with Gasteiger partial charge >= 0.3 is 0 Å². The molecule has 0 atom stereocenters. The Morgan fingerprint density at radius 3 is 2.29 bits per heavy atom. The lowest BCUT2D eigenvalue weighted by Gasteiger charge is -1.76. The first-order chi connectivity index (χ1) is 3.31. The first-order valence-corrected chi connectivity index (χ1v) is 2.85. The Morgan fingerprint density at radius 1 is 1.57 bits per heavy atom. The summed E-state index contributed by atoms with van der Waals surface area (Å²) in [5.41, 5.74) is 0. The van der Waals surface area contributed by atoms with E-state index in [9.17, 15) is 0 Å². The van der Waals surface area contributed by atoms with Gasteiger partial charge in [-0.3, -0.25) is 4.99 Å². The Morgan fingerprint density at radius 2 is 2.14 bits per heavy atom. The van der Waals surface area contributed by atoms with Gasteiger partial charge in [-0.25, -0.2) is 0 Å². The average Bonchev–Trinajstić information content (AvgIpc) is 1.68. The van der Waals surface area contributed by atoms with Gasteiger partial charge < -0.3 is 0 Å². The molecule has 0 aromatic rings. The summed E-state index contributed by atoms with van der Waals surface area (Å²) in [4.78, 5) is 3.79. The van der Waals surface area contributed by atoms with Crippen molar-refractivity contribution < 1.29 is 0 Å². The van der Waals surface area contributed by atoms with Crippen molar-refractivity contribution in [1.29, 1.82) is 0 Å². The van der Waals surface area contributed by atoms with Crippen molar-refractivity contribution >= 4 is 26.3 Å². The molecular formula is C5H6IN. The fourth-order valence-electron chi connectivity index (χ4n) is 0.140. The molecule has 0 N–H and O–H groups in total. The molecule has 0 aliphatic rings. The molecule has 0 radical (unpaired) electrons. The lowest BCUT2D eigenvalue weighted by molar-refractivity contribution is 1.63. The van der Waals surface area contributed by atoms with Crippen molar-refractivity contribution in [2.45, 2.75) is 0 Å². The van der Waals surface area contributed by atoms with E-state index in [1.165, 1.54) is 6.20 Å². The molecule has 0 aliphatic carbocycles. The Bertz CT molecular complexity index is 105. The molecular weight excluding hydrogens is 201 g/mol. The van der Waals surface area contributed by atoms with Crippen molar-refractivity contribution in [2.75, 3.05) is 0 Å². The van der Waals surface area contributed by atoms with Gasteiger partial charge in [-0.2, -0.15) is 0 Å². The van der Waals surface area contributed by atoms with Crippen LogP contribution in [0.3, 0.4) is 0 Å². The van der Waals surface area contributed by atoms with Crippen molar-refractivity contribution in [2.24, 2.45) is 4.99 Å². The lowest BCUT2D eigenvalue weighted by Crippen LogP contribution is -1.70. The van der Waals surface area contributed by atoms with Gasteiger partial charge in [0.2, 0.25) is 0 Å². The van der Waals surface area contributed by atoms with Crippen molar-refractivity contribution in [1.82, 2.24) is 0 Å². The van der Waals surface area contributed by atoms with Crippen LogP contribution in [0.2, 0.25) is 0 Å². The summed E-state index contributed by atoms with van der Waals surface area (Å²) in [6, 6.07) is 0. The third-order valence-electron chi connectivity index (χ3n) is 0.383. The molecule has 1 nitrogen and oxygen atoms in total. The highest BCUT2D eigenvalue weighted by atomic mass is 127. The largest absolute Gasteiger partial charge is 0.251 e. The molecule has 0 amide bonds. The predicted molar refractivity (Wildman–Crippen MR) is 41.8 cm³/mol. The van der Waals surface area contributed by atoms with Crippen LogP contribution in [0.1, 0.15) is 0 Å². The zero-order valence-electron chi connectivity index (χ0n) is 3.89. The third-order valence-corrected chi connectivity index (χ3v) is 1.10. The number of aliphatic imine (C=N–C) groups is 1. The summed E-state index contributed by atoms with van der Waals surface area (Å²) in [6.07, 6.45) is 3.16. The standard InChI is InChI=1S/C5H6IN/c1-3-5(6)7-4-2/h3-4H,1-2H2/b7-5+. The van der Waals surface area contributed by atoms with E-state index in [2.05, 4.69) is 40.7 Å². The number of hydrogen-bond donors (Lipinski definition) is 0. The van der Waals surface area contributed by atoms with Gasteiger partial charge in [-0.05, 0) is 28.7 Å². The molecule has 0 heterocycles. The van der Waals surface area contributed by atoms with E-state index in [1.54, 1.807) is 6.08 Å². The number of rotatable bonds is 2. The van der Waals surface area contributed by atoms with Crippen LogP contribution in [0, 0.1) is 0 Å². The Kier molecular flexibility index (Phi) is 3.98. The summed E-state index contributed by atoms with van der Waals surface area (Å²) in [5, 5.41) is 0. The molecule has 0 rings (SSSR count). The second-order valence-corrected chi connectivity index (χ2v) is 1.94. The quantitative estimate of drug-likeness (QED) is 0.485.